The van der Waals surface area contributed by atoms with E-state index in [0.29, 0.717) is 25.6 Å². The second kappa shape index (κ2) is 9.95. The van der Waals surface area contributed by atoms with Gasteiger partial charge in [0.15, 0.2) is 0 Å². The number of nitriles is 1. The lowest BCUT2D eigenvalue weighted by Gasteiger charge is -2.34. The lowest BCUT2D eigenvalue weighted by atomic mass is 9.97. The van der Waals surface area contributed by atoms with Gasteiger partial charge in [-0.1, -0.05) is 32.0 Å². The lowest BCUT2D eigenvalue weighted by molar-refractivity contribution is -0.128. The van der Waals surface area contributed by atoms with Crippen LogP contribution in [0.25, 0.3) is 0 Å². The van der Waals surface area contributed by atoms with Gasteiger partial charge in [-0.05, 0) is 24.0 Å². The van der Waals surface area contributed by atoms with Gasteiger partial charge in [0.25, 0.3) is 5.91 Å². The van der Waals surface area contributed by atoms with Crippen LogP contribution >= 0.6 is 0 Å². The molecule has 0 spiro atoms. The van der Waals surface area contributed by atoms with Crippen LogP contribution < -0.4 is 11.1 Å². The summed E-state index contributed by atoms with van der Waals surface area (Å²) in [5.41, 5.74) is 7.84. The molecule has 0 radical (unpaired) electrons. The van der Waals surface area contributed by atoms with Gasteiger partial charge in [0.1, 0.15) is 11.6 Å². The summed E-state index contributed by atoms with van der Waals surface area (Å²) in [6.45, 7) is 8.63. The zero-order valence-electron chi connectivity index (χ0n) is 15.7. The fourth-order valence-corrected chi connectivity index (χ4v) is 3.10. The van der Waals surface area contributed by atoms with Crippen LogP contribution in [0.1, 0.15) is 31.7 Å². The Hall–Kier alpha value is -2.36. The van der Waals surface area contributed by atoms with E-state index in [1.54, 1.807) is 4.90 Å². The first kappa shape index (κ1) is 20.0. The third-order valence-electron chi connectivity index (χ3n) is 4.93. The van der Waals surface area contributed by atoms with E-state index in [9.17, 15) is 10.1 Å². The summed E-state index contributed by atoms with van der Waals surface area (Å²) < 4.78 is 0. The van der Waals surface area contributed by atoms with Crippen LogP contribution in [0.3, 0.4) is 0 Å². The zero-order valence-corrected chi connectivity index (χ0v) is 15.7. The monoisotopic (exact) mass is 355 g/mol. The average Bonchev–Trinajstić information content (AvgIpc) is 2.68. The van der Waals surface area contributed by atoms with E-state index in [1.807, 2.05) is 24.3 Å². The molecule has 1 aromatic carbocycles. The van der Waals surface area contributed by atoms with E-state index >= 15 is 0 Å². The van der Waals surface area contributed by atoms with Crippen LogP contribution in [0.15, 0.2) is 36.0 Å². The number of hydrogen-bond donors (Lipinski definition) is 2. The fraction of sp³-hybridized carbons (Fsp3) is 0.500. The molecule has 1 unspecified atom stereocenters. The van der Waals surface area contributed by atoms with Gasteiger partial charge in [0.05, 0.1) is 0 Å². The molecule has 1 fully saturated rings. The van der Waals surface area contributed by atoms with Gasteiger partial charge in [-0.3, -0.25) is 9.69 Å². The summed E-state index contributed by atoms with van der Waals surface area (Å²) in [7, 11) is 0. The highest BCUT2D eigenvalue weighted by Gasteiger charge is 2.23. The first-order chi connectivity index (χ1) is 12.6. The van der Waals surface area contributed by atoms with Crippen LogP contribution in [0.5, 0.6) is 0 Å². The maximum Gasteiger partial charge on any atom is 0.266 e. The van der Waals surface area contributed by atoms with Crippen molar-refractivity contribution in [1.82, 2.24) is 9.80 Å². The van der Waals surface area contributed by atoms with Crippen molar-refractivity contribution in [3.8, 4) is 6.07 Å². The highest BCUT2D eigenvalue weighted by molar-refractivity contribution is 5.97. The van der Waals surface area contributed by atoms with Crippen LogP contribution in [-0.4, -0.2) is 55.0 Å². The number of piperazine rings is 1. The van der Waals surface area contributed by atoms with Crippen LogP contribution in [0.4, 0.5) is 5.69 Å². The van der Waals surface area contributed by atoms with Crippen molar-refractivity contribution >= 4 is 11.6 Å². The van der Waals surface area contributed by atoms with Crippen molar-refractivity contribution in [1.29, 1.82) is 5.26 Å². The van der Waals surface area contributed by atoms with Crippen molar-refractivity contribution in [3.63, 3.8) is 0 Å². The Kier molecular flexibility index (Phi) is 7.64. The number of nitrogens with two attached hydrogens (primary N) is 1. The largest absolute Gasteiger partial charge is 0.360 e. The minimum atomic E-state index is -0.214. The molecular formula is C20H29N5O. The summed E-state index contributed by atoms with van der Waals surface area (Å²) in [6, 6.07) is 10.1. The van der Waals surface area contributed by atoms with Crippen molar-refractivity contribution in [2.45, 2.75) is 26.2 Å². The summed E-state index contributed by atoms with van der Waals surface area (Å²) in [4.78, 5) is 16.6. The molecule has 1 aromatic rings. The maximum atomic E-state index is 12.6. The van der Waals surface area contributed by atoms with Gasteiger partial charge >= 0.3 is 0 Å². The van der Waals surface area contributed by atoms with E-state index in [0.717, 1.165) is 31.7 Å². The molecule has 1 aliphatic rings. The summed E-state index contributed by atoms with van der Waals surface area (Å²) in [5, 5.41) is 12.6. The number of nitrogens with one attached hydrogen (secondary N) is 1. The van der Waals surface area contributed by atoms with Crippen molar-refractivity contribution < 1.29 is 4.79 Å². The predicted octanol–water partition coefficient (Wildman–Crippen LogP) is 2.12. The quantitative estimate of drug-likeness (QED) is 0.578. The summed E-state index contributed by atoms with van der Waals surface area (Å²) in [5.74, 6) is 0.192. The van der Waals surface area contributed by atoms with Gasteiger partial charge < -0.3 is 16.0 Å². The topological polar surface area (TPSA) is 85.4 Å². The van der Waals surface area contributed by atoms with E-state index in [1.165, 1.54) is 11.8 Å². The van der Waals surface area contributed by atoms with Gasteiger partial charge in [-0.15, -0.1) is 0 Å². The molecule has 1 saturated heterocycles. The minimum absolute atomic E-state index is 0.135. The molecule has 6 nitrogen and oxygen atoms in total. The lowest BCUT2D eigenvalue weighted by Crippen LogP contribution is -2.50. The summed E-state index contributed by atoms with van der Waals surface area (Å²) >= 11 is 0. The molecule has 0 aromatic heterocycles. The van der Waals surface area contributed by atoms with Gasteiger partial charge in [-0.2, -0.15) is 5.26 Å². The van der Waals surface area contributed by atoms with E-state index < -0.39 is 0 Å². The molecule has 3 N–H and O–H groups in total. The van der Waals surface area contributed by atoms with Gasteiger partial charge in [0, 0.05) is 51.2 Å². The number of anilines is 1. The molecule has 140 valence electrons. The number of carbonyl (C=O) groups excluding carboxylic acids is 1. The molecular weight excluding hydrogens is 326 g/mol. The molecule has 1 aliphatic heterocycles. The van der Waals surface area contributed by atoms with Crippen LogP contribution in [-0.2, 0) is 4.79 Å². The number of amides is 1. The standard InChI is InChI=1S/C20H29N5O/c1-3-16(2)18-6-4-5-7-19(18)23-15-17(14-22)20(26)25-12-10-24(9-8-21)11-13-25/h4-7,15-16,23H,3,8-13,21H2,1-2H3/b17-15-. The number of rotatable bonds is 7. The summed E-state index contributed by atoms with van der Waals surface area (Å²) in [6.07, 6.45) is 2.56. The van der Waals surface area contributed by atoms with Crippen molar-refractivity contribution in [3.05, 3.63) is 41.6 Å². The van der Waals surface area contributed by atoms with Crippen molar-refractivity contribution in [2.24, 2.45) is 5.73 Å². The fourth-order valence-electron chi connectivity index (χ4n) is 3.10. The predicted molar refractivity (Wildman–Crippen MR) is 105 cm³/mol. The van der Waals surface area contributed by atoms with E-state index in [-0.39, 0.29) is 11.5 Å². The first-order valence-electron chi connectivity index (χ1n) is 9.28. The average molecular weight is 355 g/mol. The number of hydrogen-bond acceptors (Lipinski definition) is 5. The SMILES string of the molecule is CCC(C)c1ccccc1N/C=C(/C#N)C(=O)N1CCN(CCN)CC1. The Labute approximate surface area is 156 Å². The van der Waals surface area contributed by atoms with E-state index in [4.69, 9.17) is 5.73 Å². The van der Waals surface area contributed by atoms with Crippen molar-refractivity contribution in [2.75, 3.05) is 44.6 Å². The smallest absolute Gasteiger partial charge is 0.266 e. The molecule has 26 heavy (non-hydrogen) atoms. The molecule has 1 heterocycles. The number of para-hydroxylation sites is 1. The molecule has 0 saturated carbocycles. The Bertz CT molecular complexity index is 671. The Balaban J connectivity index is 2.05. The van der Waals surface area contributed by atoms with E-state index in [2.05, 4.69) is 30.1 Å². The number of benzene rings is 1. The Morgan fingerprint density at radius 1 is 1.35 bits per heavy atom. The van der Waals surface area contributed by atoms with Crippen LogP contribution in [0.2, 0.25) is 0 Å². The molecule has 1 atom stereocenters. The Morgan fingerprint density at radius 2 is 2.04 bits per heavy atom. The molecule has 2 rings (SSSR count). The molecule has 1 amide bonds. The minimum Gasteiger partial charge on any atom is -0.360 e. The Morgan fingerprint density at radius 3 is 2.65 bits per heavy atom. The first-order valence-corrected chi connectivity index (χ1v) is 9.28. The second-order valence-corrected chi connectivity index (χ2v) is 6.63. The highest BCUT2D eigenvalue weighted by Crippen LogP contribution is 2.26. The van der Waals surface area contributed by atoms with Crippen LogP contribution in [0, 0.1) is 11.3 Å². The third-order valence-corrected chi connectivity index (χ3v) is 4.93. The van der Waals surface area contributed by atoms with Gasteiger partial charge in [0.2, 0.25) is 0 Å². The third kappa shape index (κ3) is 5.07. The zero-order chi connectivity index (χ0) is 18.9. The molecule has 0 bridgehead atoms. The number of carbonyl (C=O) groups is 1. The molecule has 6 heteroatoms. The number of nitrogens with zero attached hydrogens (tertiary/aromatic N) is 3. The highest BCUT2D eigenvalue weighted by atomic mass is 16.2. The maximum absolute atomic E-state index is 12.6. The molecule has 0 aliphatic carbocycles. The van der Waals surface area contributed by atoms with Gasteiger partial charge in [-0.25, -0.2) is 0 Å². The second-order valence-electron chi connectivity index (χ2n) is 6.63. The normalized spacial score (nSPS) is 16.8.